The van der Waals surface area contributed by atoms with Crippen LogP contribution in [0.5, 0.6) is 0 Å². The van der Waals surface area contributed by atoms with Crippen molar-refractivity contribution in [3.05, 3.63) is 30.3 Å². The Morgan fingerprint density at radius 3 is 2.27 bits per heavy atom. The van der Waals surface area contributed by atoms with Gasteiger partial charge in [0, 0.05) is 22.9 Å². The number of carbonyl (C=O) groups excluding carboxylic acids is 2. The minimum atomic E-state index is 0.0557. The van der Waals surface area contributed by atoms with Crippen molar-refractivity contribution >= 4 is 34.2 Å². The number of hydrogen-bond acceptors (Lipinski definition) is 3. The molecule has 0 spiro atoms. The van der Waals surface area contributed by atoms with E-state index in [1.165, 1.54) is 0 Å². The molecule has 5 heteroatoms. The van der Waals surface area contributed by atoms with Crippen molar-refractivity contribution in [2.24, 2.45) is 11.8 Å². The van der Waals surface area contributed by atoms with E-state index in [2.05, 4.69) is 15.6 Å². The first kappa shape index (κ1) is 13.2. The van der Waals surface area contributed by atoms with Crippen LogP contribution in [0, 0.1) is 11.8 Å². The number of hydrogen-bond donors (Lipinski definition) is 2. The van der Waals surface area contributed by atoms with Crippen molar-refractivity contribution in [2.75, 3.05) is 10.6 Å². The number of amides is 2. The van der Waals surface area contributed by atoms with E-state index in [-0.39, 0.29) is 23.7 Å². The van der Waals surface area contributed by atoms with Crippen molar-refractivity contribution in [3.8, 4) is 0 Å². The van der Waals surface area contributed by atoms with Crippen molar-refractivity contribution < 1.29 is 9.59 Å². The number of rotatable bonds is 4. The van der Waals surface area contributed by atoms with Gasteiger partial charge < -0.3 is 10.6 Å². The predicted octanol–water partition coefficient (Wildman–Crippen LogP) is 2.93. The summed E-state index contributed by atoms with van der Waals surface area (Å²) in [6, 6.07) is 9.34. The van der Waals surface area contributed by atoms with Crippen LogP contribution < -0.4 is 10.6 Å². The summed E-state index contributed by atoms with van der Waals surface area (Å²) in [6.07, 6.45) is 3.93. The summed E-state index contributed by atoms with van der Waals surface area (Å²) in [4.78, 5) is 28.0. The Bertz CT molecular complexity index is 698. The zero-order valence-corrected chi connectivity index (χ0v) is 12.1. The maximum atomic E-state index is 11.8. The maximum Gasteiger partial charge on any atom is 0.228 e. The molecule has 1 heterocycles. The monoisotopic (exact) mass is 295 g/mol. The lowest BCUT2D eigenvalue weighted by Gasteiger charge is -2.07. The second-order valence-corrected chi connectivity index (χ2v) is 6.13. The number of anilines is 2. The van der Waals surface area contributed by atoms with E-state index >= 15 is 0 Å². The Morgan fingerprint density at radius 2 is 1.59 bits per heavy atom. The van der Waals surface area contributed by atoms with E-state index in [9.17, 15) is 9.59 Å². The van der Waals surface area contributed by atoms with E-state index in [0.29, 0.717) is 5.82 Å². The van der Waals surface area contributed by atoms with Gasteiger partial charge in [0.2, 0.25) is 11.8 Å². The van der Waals surface area contributed by atoms with Gasteiger partial charge in [0.25, 0.3) is 0 Å². The minimum absolute atomic E-state index is 0.0557. The van der Waals surface area contributed by atoms with Gasteiger partial charge >= 0.3 is 0 Å². The fourth-order valence-electron chi connectivity index (χ4n) is 2.44. The second-order valence-electron chi connectivity index (χ2n) is 6.13. The molecule has 22 heavy (non-hydrogen) atoms. The zero-order valence-electron chi connectivity index (χ0n) is 12.1. The van der Waals surface area contributed by atoms with Crippen molar-refractivity contribution in [1.82, 2.24) is 4.98 Å². The smallest absolute Gasteiger partial charge is 0.228 e. The molecule has 112 valence electrons. The Hall–Kier alpha value is -2.43. The molecule has 2 fully saturated rings. The minimum Gasteiger partial charge on any atom is -0.326 e. The zero-order chi connectivity index (χ0) is 15.1. The van der Waals surface area contributed by atoms with Crippen LogP contribution >= 0.6 is 0 Å². The summed E-state index contributed by atoms with van der Waals surface area (Å²) in [6.45, 7) is 0. The average Bonchev–Trinajstić information content (AvgIpc) is 3.40. The first-order valence-electron chi connectivity index (χ1n) is 7.71. The van der Waals surface area contributed by atoms with E-state index in [4.69, 9.17) is 0 Å². The molecule has 1 aromatic carbocycles. The molecule has 2 amide bonds. The van der Waals surface area contributed by atoms with Crippen LogP contribution in [0.15, 0.2) is 30.3 Å². The van der Waals surface area contributed by atoms with Crippen LogP contribution in [0.3, 0.4) is 0 Å². The van der Waals surface area contributed by atoms with Crippen LogP contribution in [0.2, 0.25) is 0 Å². The number of fused-ring (bicyclic) bond motifs is 1. The summed E-state index contributed by atoms with van der Waals surface area (Å²) in [5, 5.41) is 6.72. The Kier molecular flexibility index (Phi) is 3.06. The van der Waals surface area contributed by atoms with Gasteiger partial charge in [0.15, 0.2) is 0 Å². The number of carbonyl (C=O) groups is 2. The molecule has 0 atom stereocenters. The topological polar surface area (TPSA) is 71.1 Å². The molecule has 4 rings (SSSR count). The largest absolute Gasteiger partial charge is 0.326 e. The normalized spacial score (nSPS) is 17.3. The summed E-state index contributed by atoms with van der Waals surface area (Å²) in [5.74, 6) is 1.09. The molecule has 0 saturated heterocycles. The predicted molar refractivity (Wildman–Crippen MR) is 84.5 cm³/mol. The van der Waals surface area contributed by atoms with Crippen LogP contribution in [0.4, 0.5) is 11.5 Å². The van der Waals surface area contributed by atoms with Crippen molar-refractivity contribution in [1.29, 1.82) is 0 Å². The van der Waals surface area contributed by atoms with Gasteiger partial charge in [-0.25, -0.2) is 4.98 Å². The SMILES string of the molecule is O=C(Nc1ccc2nc(NC(=O)C3CC3)ccc2c1)C1CC1. The molecule has 0 unspecified atom stereocenters. The van der Waals surface area contributed by atoms with Crippen LogP contribution in [0.1, 0.15) is 25.7 Å². The molecule has 0 aliphatic heterocycles. The number of benzene rings is 1. The quantitative estimate of drug-likeness (QED) is 0.911. The van der Waals surface area contributed by atoms with Gasteiger partial charge in [0.1, 0.15) is 5.82 Å². The lowest BCUT2D eigenvalue weighted by Crippen LogP contribution is -2.14. The van der Waals surface area contributed by atoms with Gasteiger partial charge in [-0.3, -0.25) is 9.59 Å². The van der Waals surface area contributed by atoms with Crippen LogP contribution in [-0.4, -0.2) is 16.8 Å². The third-order valence-electron chi connectivity index (χ3n) is 4.10. The second kappa shape index (κ2) is 5.09. The van der Waals surface area contributed by atoms with Gasteiger partial charge in [-0.2, -0.15) is 0 Å². The maximum absolute atomic E-state index is 11.8. The Labute approximate surface area is 128 Å². The molecule has 2 N–H and O–H groups in total. The van der Waals surface area contributed by atoms with E-state index in [0.717, 1.165) is 42.3 Å². The highest BCUT2D eigenvalue weighted by atomic mass is 16.2. The third-order valence-corrected chi connectivity index (χ3v) is 4.10. The lowest BCUT2D eigenvalue weighted by atomic mass is 10.2. The highest BCUT2D eigenvalue weighted by molar-refractivity contribution is 5.97. The molecular weight excluding hydrogens is 278 g/mol. The van der Waals surface area contributed by atoms with Gasteiger partial charge in [-0.1, -0.05) is 0 Å². The van der Waals surface area contributed by atoms with Crippen molar-refractivity contribution in [2.45, 2.75) is 25.7 Å². The van der Waals surface area contributed by atoms with Gasteiger partial charge in [0.05, 0.1) is 5.52 Å². The molecular formula is C17H17N3O2. The summed E-state index contributed by atoms with van der Waals surface area (Å²) < 4.78 is 0. The molecule has 0 bridgehead atoms. The first-order valence-corrected chi connectivity index (χ1v) is 7.71. The third kappa shape index (κ3) is 2.79. The van der Waals surface area contributed by atoms with E-state index in [1.54, 1.807) is 6.07 Å². The molecule has 5 nitrogen and oxygen atoms in total. The number of nitrogens with one attached hydrogen (secondary N) is 2. The summed E-state index contributed by atoms with van der Waals surface area (Å²) in [5.41, 5.74) is 1.60. The molecule has 0 radical (unpaired) electrons. The first-order chi connectivity index (χ1) is 10.7. The summed E-state index contributed by atoms with van der Waals surface area (Å²) >= 11 is 0. The molecule has 2 aliphatic carbocycles. The Balaban J connectivity index is 1.52. The highest BCUT2D eigenvalue weighted by Crippen LogP contribution is 2.31. The number of aromatic nitrogens is 1. The molecule has 1 aromatic heterocycles. The van der Waals surface area contributed by atoms with Crippen LogP contribution in [-0.2, 0) is 9.59 Å². The number of nitrogens with zero attached hydrogens (tertiary/aromatic N) is 1. The standard InChI is InChI=1S/C17H17N3O2/c21-16(10-1-2-10)18-13-6-7-14-12(9-13)5-8-15(19-14)20-17(22)11-3-4-11/h5-11H,1-4H2,(H,18,21)(H,19,20,22). The van der Waals surface area contributed by atoms with Crippen molar-refractivity contribution in [3.63, 3.8) is 0 Å². The Morgan fingerprint density at radius 1 is 0.909 bits per heavy atom. The van der Waals surface area contributed by atoms with Gasteiger partial charge in [-0.15, -0.1) is 0 Å². The fraction of sp³-hybridized carbons (Fsp3) is 0.353. The highest BCUT2D eigenvalue weighted by Gasteiger charge is 2.30. The van der Waals surface area contributed by atoms with E-state index in [1.807, 2.05) is 24.3 Å². The summed E-state index contributed by atoms with van der Waals surface area (Å²) in [7, 11) is 0. The lowest BCUT2D eigenvalue weighted by molar-refractivity contribution is -0.118. The number of pyridine rings is 1. The molecule has 2 aromatic rings. The molecule has 2 aliphatic rings. The fourth-order valence-corrected chi connectivity index (χ4v) is 2.44. The molecule has 2 saturated carbocycles. The van der Waals surface area contributed by atoms with Gasteiger partial charge in [-0.05, 0) is 56.0 Å². The van der Waals surface area contributed by atoms with E-state index < -0.39 is 0 Å². The average molecular weight is 295 g/mol. The van der Waals surface area contributed by atoms with Crippen LogP contribution in [0.25, 0.3) is 10.9 Å².